The maximum absolute atomic E-state index is 13.8. The third kappa shape index (κ3) is 5.36. The molecule has 4 aromatic rings. The first kappa shape index (κ1) is 24.2. The molecule has 190 valence electrons. The van der Waals surface area contributed by atoms with Gasteiger partial charge in [0, 0.05) is 42.0 Å². The summed E-state index contributed by atoms with van der Waals surface area (Å²) in [6, 6.07) is 15.8. The Bertz CT molecular complexity index is 1420. The Balaban J connectivity index is 1.48. The molecule has 11 nitrogen and oxygen atoms in total. The number of hydrogen-bond acceptors (Lipinski definition) is 7. The summed E-state index contributed by atoms with van der Waals surface area (Å²) < 4.78 is 7.26. The smallest absolute Gasteiger partial charge is 0.409 e. The van der Waals surface area contributed by atoms with Crippen molar-refractivity contribution < 1.29 is 19.1 Å². The molecule has 0 atom stereocenters. The molecule has 0 radical (unpaired) electrons. The molecule has 2 aromatic heterocycles. The Kier molecular flexibility index (Phi) is 6.69. The van der Waals surface area contributed by atoms with E-state index in [1.165, 1.54) is 0 Å². The highest BCUT2D eigenvalue weighted by Gasteiger charge is 2.31. The Morgan fingerprint density at radius 3 is 2.59 bits per heavy atom. The summed E-state index contributed by atoms with van der Waals surface area (Å²) in [6.45, 7) is 3.46. The first-order valence-corrected chi connectivity index (χ1v) is 12.0. The summed E-state index contributed by atoms with van der Waals surface area (Å²) in [6.07, 6.45) is 2.22. The molecule has 0 saturated carbocycles. The lowest BCUT2D eigenvalue weighted by Crippen LogP contribution is -2.47. The molecule has 0 bridgehead atoms. The summed E-state index contributed by atoms with van der Waals surface area (Å²) in [7, 11) is 2.07. The second-order valence-electron chi connectivity index (χ2n) is 9.02. The number of carbonyl (C=O) groups excluding carboxylic acids is 1. The van der Waals surface area contributed by atoms with Gasteiger partial charge in [0.05, 0.1) is 5.69 Å². The van der Waals surface area contributed by atoms with Gasteiger partial charge in [-0.15, -0.1) is 15.3 Å². The molecule has 2 amide bonds. The topological polar surface area (TPSA) is 130 Å². The number of aryl methyl sites for hydroxylation is 1. The minimum Gasteiger partial charge on any atom is -0.465 e. The van der Waals surface area contributed by atoms with E-state index in [2.05, 4.69) is 27.5 Å². The number of nitrogens with one attached hydrogen (secondary N) is 1. The summed E-state index contributed by atoms with van der Waals surface area (Å²) in [5.74, 6) is 1.19. The molecule has 1 aliphatic heterocycles. The van der Waals surface area contributed by atoms with Crippen molar-refractivity contribution in [3.05, 3.63) is 72.2 Å². The van der Waals surface area contributed by atoms with E-state index in [0.717, 1.165) is 37.2 Å². The van der Waals surface area contributed by atoms with Gasteiger partial charge in [0.1, 0.15) is 0 Å². The quantitative estimate of drug-likeness (QED) is 0.405. The minimum absolute atomic E-state index is 0.0455. The first-order valence-electron chi connectivity index (χ1n) is 12.0. The second kappa shape index (κ2) is 10.2. The Morgan fingerprint density at radius 1 is 1.08 bits per heavy atom. The lowest BCUT2D eigenvalue weighted by molar-refractivity contribution is 0.0962. The summed E-state index contributed by atoms with van der Waals surface area (Å²) in [5.41, 5.74) is 2.26. The van der Waals surface area contributed by atoms with Crippen LogP contribution < -0.4 is 10.2 Å². The van der Waals surface area contributed by atoms with Crippen molar-refractivity contribution in [2.45, 2.75) is 25.8 Å². The van der Waals surface area contributed by atoms with Gasteiger partial charge in [0.25, 0.3) is 5.91 Å². The van der Waals surface area contributed by atoms with E-state index in [1.807, 2.05) is 36.5 Å². The van der Waals surface area contributed by atoms with Crippen LogP contribution in [-0.2, 0) is 0 Å². The van der Waals surface area contributed by atoms with Gasteiger partial charge in [-0.25, -0.2) is 9.48 Å². The molecule has 11 heteroatoms. The fourth-order valence-electron chi connectivity index (χ4n) is 4.48. The molecule has 2 N–H and O–H groups in total. The number of piperidine rings is 1. The number of amides is 2. The Labute approximate surface area is 213 Å². The van der Waals surface area contributed by atoms with Crippen molar-refractivity contribution in [1.29, 1.82) is 0 Å². The average Bonchev–Trinajstić information content (AvgIpc) is 3.55. The van der Waals surface area contributed by atoms with E-state index in [0.29, 0.717) is 28.9 Å². The fraction of sp³-hybridized carbons (Fsp3) is 0.269. The van der Waals surface area contributed by atoms with Crippen LogP contribution in [0.5, 0.6) is 0 Å². The number of carboxylic acid groups (broad SMARTS) is 1. The van der Waals surface area contributed by atoms with E-state index in [9.17, 15) is 9.59 Å². The van der Waals surface area contributed by atoms with Crippen molar-refractivity contribution in [3.63, 3.8) is 0 Å². The third-order valence-corrected chi connectivity index (χ3v) is 6.34. The van der Waals surface area contributed by atoms with Crippen LogP contribution in [0.1, 0.15) is 29.1 Å². The zero-order valence-electron chi connectivity index (χ0n) is 20.5. The highest BCUT2D eigenvalue weighted by atomic mass is 16.4. The highest BCUT2D eigenvalue weighted by molar-refractivity contribution is 6.06. The average molecular weight is 502 g/mol. The largest absolute Gasteiger partial charge is 0.465 e. The maximum Gasteiger partial charge on any atom is 0.409 e. The van der Waals surface area contributed by atoms with Gasteiger partial charge < -0.3 is 14.4 Å². The summed E-state index contributed by atoms with van der Waals surface area (Å²) >= 11 is 0. The van der Waals surface area contributed by atoms with E-state index in [-0.39, 0.29) is 11.9 Å². The molecular weight excluding hydrogens is 474 g/mol. The highest BCUT2D eigenvalue weighted by Crippen LogP contribution is 2.27. The number of rotatable bonds is 6. The number of benzene rings is 2. The van der Waals surface area contributed by atoms with Crippen LogP contribution in [0.15, 0.2) is 65.2 Å². The van der Waals surface area contributed by atoms with Gasteiger partial charge in [-0.2, -0.15) is 0 Å². The monoisotopic (exact) mass is 501 g/mol. The molecule has 1 fully saturated rings. The number of anilines is 2. The van der Waals surface area contributed by atoms with Crippen LogP contribution in [0.2, 0.25) is 0 Å². The number of likely N-dealkylation sites (tertiary alicyclic amines) is 1. The van der Waals surface area contributed by atoms with Crippen LogP contribution in [0.4, 0.5) is 16.3 Å². The first-order chi connectivity index (χ1) is 17.9. The van der Waals surface area contributed by atoms with Crippen LogP contribution in [-0.4, -0.2) is 68.2 Å². The fourth-order valence-corrected chi connectivity index (χ4v) is 4.48. The molecule has 37 heavy (non-hydrogen) atoms. The molecule has 3 heterocycles. The molecule has 0 spiro atoms. The minimum atomic E-state index is -1.19. The van der Waals surface area contributed by atoms with Crippen molar-refractivity contribution in [1.82, 2.24) is 24.9 Å². The Hall–Kier alpha value is -4.51. The Morgan fingerprint density at radius 2 is 1.86 bits per heavy atom. The van der Waals surface area contributed by atoms with Gasteiger partial charge in [-0.3, -0.25) is 15.0 Å². The molecular formula is C26H27N7O4. The van der Waals surface area contributed by atoms with Crippen LogP contribution in [0, 0.1) is 6.92 Å². The zero-order valence-corrected chi connectivity index (χ0v) is 20.5. The van der Waals surface area contributed by atoms with Gasteiger partial charge >= 0.3 is 6.09 Å². The van der Waals surface area contributed by atoms with E-state index in [1.54, 1.807) is 40.8 Å². The molecule has 0 unspecified atom stereocenters. The molecule has 1 aliphatic rings. The summed E-state index contributed by atoms with van der Waals surface area (Å²) in [4.78, 5) is 28.9. The van der Waals surface area contributed by atoms with Crippen molar-refractivity contribution >= 4 is 23.5 Å². The molecule has 5 rings (SSSR count). The second-order valence-corrected chi connectivity index (χ2v) is 9.02. The lowest BCUT2D eigenvalue weighted by Gasteiger charge is -2.36. The van der Waals surface area contributed by atoms with E-state index in [4.69, 9.17) is 14.6 Å². The number of nitrogens with zero attached hydrogens (tertiary/aromatic N) is 6. The molecule has 0 aliphatic carbocycles. The standard InChI is InChI=1S/C26H27N7O4/c1-17-28-29-24(37-17)18-5-4-8-22(16-18)32-14-11-23(30-32)33(21-9-12-31(2)13-10-21)25(34)19-6-3-7-20(15-19)27-26(35)36/h3-8,11,14-16,21,27H,9-10,12-13H2,1-2H3,(H,35,36). The van der Waals surface area contributed by atoms with Crippen LogP contribution in [0.25, 0.3) is 17.1 Å². The third-order valence-electron chi connectivity index (χ3n) is 6.34. The van der Waals surface area contributed by atoms with Gasteiger partial charge in [-0.05, 0) is 69.4 Å². The van der Waals surface area contributed by atoms with Gasteiger partial charge in [0.15, 0.2) is 5.82 Å². The number of carbonyl (C=O) groups is 2. The van der Waals surface area contributed by atoms with Crippen LogP contribution in [0.3, 0.4) is 0 Å². The predicted molar refractivity (Wildman–Crippen MR) is 137 cm³/mol. The van der Waals surface area contributed by atoms with Crippen molar-refractivity contribution in [2.24, 2.45) is 0 Å². The number of aromatic nitrogens is 4. The molecule has 1 saturated heterocycles. The van der Waals surface area contributed by atoms with E-state index < -0.39 is 6.09 Å². The van der Waals surface area contributed by atoms with E-state index >= 15 is 0 Å². The van der Waals surface area contributed by atoms with Crippen molar-refractivity contribution in [3.8, 4) is 17.1 Å². The zero-order chi connectivity index (χ0) is 25.9. The van der Waals surface area contributed by atoms with Crippen molar-refractivity contribution in [2.75, 3.05) is 30.4 Å². The SMILES string of the molecule is Cc1nnc(-c2cccc(-n3ccc(N(C(=O)c4cccc(NC(=O)O)c4)C4CCN(C)CC4)n3)c2)o1. The van der Waals surface area contributed by atoms with Gasteiger partial charge in [-0.1, -0.05) is 12.1 Å². The molecule has 2 aromatic carbocycles. The normalized spacial score (nSPS) is 14.4. The maximum atomic E-state index is 13.8. The lowest BCUT2D eigenvalue weighted by atomic mass is 10.0. The predicted octanol–water partition coefficient (Wildman–Crippen LogP) is 4.06. The van der Waals surface area contributed by atoms with Crippen LogP contribution >= 0.6 is 0 Å². The summed E-state index contributed by atoms with van der Waals surface area (Å²) in [5, 5.41) is 24.1. The number of hydrogen-bond donors (Lipinski definition) is 2. The van der Waals surface area contributed by atoms with Gasteiger partial charge in [0.2, 0.25) is 11.8 Å².